The molecule has 0 saturated carbocycles. The fraction of sp³-hybridized carbons (Fsp3) is 0.167. The number of carbonyl (C=O) groups is 1. The molecule has 0 heterocycles. The first kappa shape index (κ1) is 18.0. The standard InChI is InChI=1S/C18H18N2O5/c1-2-18(22)19-10-9-13-7-8-17(16(21)11-13)25-12-14-5-3-4-6-15(14)20(23)24/h2-8,11,21H,1,9-10,12H2,(H,19,22). The highest BCUT2D eigenvalue weighted by Crippen LogP contribution is 2.29. The predicted octanol–water partition coefficient (Wildman–Crippen LogP) is 2.72. The van der Waals surface area contributed by atoms with E-state index in [0.717, 1.165) is 5.56 Å². The first-order valence-electron chi connectivity index (χ1n) is 7.58. The Hall–Kier alpha value is -3.35. The summed E-state index contributed by atoms with van der Waals surface area (Å²) < 4.78 is 5.49. The van der Waals surface area contributed by atoms with E-state index in [0.29, 0.717) is 18.5 Å². The zero-order valence-corrected chi connectivity index (χ0v) is 13.5. The fourth-order valence-corrected chi connectivity index (χ4v) is 2.21. The van der Waals surface area contributed by atoms with Crippen LogP contribution in [0.1, 0.15) is 11.1 Å². The average molecular weight is 342 g/mol. The molecule has 2 aromatic rings. The second-order valence-corrected chi connectivity index (χ2v) is 5.22. The summed E-state index contributed by atoms with van der Waals surface area (Å²) >= 11 is 0. The monoisotopic (exact) mass is 342 g/mol. The lowest BCUT2D eigenvalue weighted by Gasteiger charge is -2.10. The number of nitro groups is 1. The number of phenolic OH excluding ortho intramolecular Hbond substituents is 1. The van der Waals surface area contributed by atoms with E-state index in [4.69, 9.17) is 4.74 Å². The molecule has 2 aromatic carbocycles. The highest BCUT2D eigenvalue weighted by Gasteiger charge is 2.13. The molecule has 0 radical (unpaired) electrons. The van der Waals surface area contributed by atoms with E-state index in [2.05, 4.69) is 11.9 Å². The Balaban J connectivity index is 1.98. The van der Waals surface area contributed by atoms with Crippen LogP contribution in [-0.4, -0.2) is 22.5 Å². The Morgan fingerprint density at radius 3 is 2.76 bits per heavy atom. The van der Waals surface area contributed by atoms with Gasteiger partial charge in [-0.15, -0.1) is 0 Å². The lowest BCUT2D eigenvalue weighted by Crippen LogP contribution is -2.23. The highest BCUT2D eigenvalue weighted by atomic mass is 16.6. The number of nitro benzene ring substituents is 1. The summed E-state index contributed by atoms with van der Waals surface area (Å²) in [5.74, 6) is -0.0863. The minimum atomic E-state index is -0.473. The molecule has 0 aromatic heterocycles. The van der Waals surface area contributed by atoms with E-state index in [1.165, 1.54) is 18.2 Å². The molecule has 0 aliphatic heterocycles. The maximum absolute atomic E-state index is 11.1. The summed E-state index contributed by atoms with van der Waals surface area (Å²) in [7, 11) is 0. The number of aromatic hydroxyl groups is 1. The van der Waals surface area contributed by atoms with Gasteiger partial charge in [-0.2, -0.15) is 0 Å². The Morgan fingerprint density at radius 2 is 2.08 bits per heavy atom. The van der Waals surface area contributed by atoms with Gasteiger partial charge in [-0.3, -0.25) is 14.9 Å². The Kier molecular flexibility index (Phi) is 6.11. The summed E-state index contributed by atoms with van der Waals surface area (Å²) in [6.45, 7) is 3.75. The fourth-order valence-electron chi connectivity index (χ4n) is 2.21. The maximum atomic E-state index is 11.1. The van der Waals surface area contributed by atoms with E-state index in [1.807, 2.05) is 0 Å². The van der Waals surface area contributed by atoms with Crippen LogP contribution in [-0.2, 0) is 17.8 Å². The van der Waals surface area contributed by atoms with Gasteiger partial charge in [0, 0.05) is 12.6 Å². The first-order valence-corrected chi connectivity index (χ1v) is 7.58. The number of para-hydroxylation sites is 1. The third kappa shape index (κ3) is 5.07. The average Bonchev–Trinajstić information content (AvgIpc) is 2.61. The van der Waals surface area contributed by atoms with Crippen molar-refractivity contribution in [2.45, 2.75) is 13.0 Å². The van der Waals surface area contributed by atoms with Gasteiger partial charge in [-0.25, -0.2) is 0 Å². The predicted molar refractivity (Wildman–Crippen MR) is 92.4 cm³/mol. The molecular weight excluding hydrogens is 324 g/mol. The van der Waals surface area contributed by atoms with Crippen molar-refractivity contribution in [3.05, 3.63) is 76.4 Å². The molecule has 0 saturated heterocycles. The summed E-state index contributed by atoms with van der Waals surface area (Å²) in [4.78, 5) is 21.6. The van der Waals surface area contributed by atoms with Crippen molar-refractivity contribution < 1.29 is 19.6 Å². The molecule has 25 heavy (non-hydrogen) atoms. The number of phenols is 1. The number of amides is 1. The molecule has 2 rings (SSSR count). The van der Waals surface area contributed by atoms with Crippen LogP contribution in [0.2, 0.25) is 0 Å². The quantitative estimate of drug-likeness (QED) is 0.436. The SMILES string of the molecule is C=CC(=O)NCCc1ccc(OCc2ccccc2[N+](=O)[O-])c(O)c1. The largest absolute Gasteiger partial charge is 0.504 e. The molecule has 0 aliphatic carbocycles. The number of benzene rings is 2. The number of hydrogen-bond donors (Lipinski definition) is 2. The molecule has 1 amide bonds. The van der Waals surface area contributed by atoms with Gasteiger partial charge in [-0.05, 0) is 36.3 Å². The van der Waals surface area contributed by atoms with E-state index in [1.54, 1.807) is 30.3 Å². The lowest BCUT2D eigenvalue weighted by molar-refractivity contribution is -0.385. The Bertz CT molecular complexity index is 789. The molecule has 2 N–H and O–H groups in total. The normalized spacial score (nSPS) is 10.1. The van der Waals surface area contributed by atoms with Crippen molar-refractivity contribution in [3.63, 3.8) is 0 Å². The van der Waals surface area contributed by atoms with Gasteiger partial charge >= 0.3 is 0 Å². The number of carbonyl (C=O) groups excluding carboxylic acids is 1. The van der Waals surface area contributed by atoms with Crippen molar-refractivity contribution in [3.8, 4) is 11.5 Å². The maximum Gasteiger partial charge on any atom is 0.276 e. The first-order chi connectivity index (χ1) is 12.0. The molecule has 0 atom stereocenters. The van der Waals surface area contributed by atoms with Crippen molar-refractivity contribution in [2.24, 2.45) is 0 Å². The smallest absolute Gasteiger partial charge is 0.276 e. The third-order valence-electron chi connectivity index (χ3n) is 3.49. The molecule has 7 nitrogen and oxygen atoms in total. The van der Waals surface area contributed by atoms with Gasteiger partial charge in [0.15, 0.2) is 11.5 Å². The van der Waals surface area contributed by atoms with Gasteiger partial charge < -0.3 is 15.2 Å². The van der Waals surface area contributed by atoms with Gasteiger partial charge in [0.1, 0.15) is 6.61 Å². The van der Waals surface area contributed by atoms with Crippen molar-refractivity contribution in [2.75, 3.05) is 6.54 Å². The van der Waals surface area contributed by atoms with Gasteiger partial charge in [0.05, 0.1) is 10.5 Å². The van der Waals surface area contributed by atoms with Crippen LogP contribution < -0.4 is 10.1 Å². The van der Waals surface area contributed by atoms with Crippen LogP contribution in [0.4, 0.5) is 5.69 Å². The van der Waals surface area contributed by atoms with Crippen molar-refractivity contribution >= 4 is 11.6 Å². The second kappa shape index (κ2) is 8.49. The van der Waals surface area contributed by atoms with Crippen molar-refractivity contribution in [1.82, 2.24) is 5.32 Å². The third-order valence-corrected chi connectivity index (χ3v) is 3.49. The second-order valence-electron chi connectivity index (χ2n) is 5.22. The summed E-state index contributed by atoms with van der Waals surface area (Å²) in [6, 6.07) is 11.2. The molecule has 130 valence electrons. The van der Waals surface area contributed by atoms with Crippen LogP contribution in [0.15, 0.2) is 55.1 Å². The van der Waals surface area contributed by atoms with Crippen molar-refractivity contribution in [1.29, 1.82) is 0 Å². The molecule has 0 bridgehead atoms. The topological polar surface area (TPSA) is 102 Å². The molecule has 0 spiro atoms. The van der Waals surface area contributed by atoms with E-state index in [9.17, 15) is 20.0 Å². The number of ether oxygens (including phenoxy) is 1. The van der Waals surface area contributed by atoms with E-state index >= 15 is 0 Å². The molecule has 0 unspecified atom stereocenters. The van der Waals surface area contributed by atoms with Crippen LogP contribution >= 0.6 is 0 Å². The number of nitrogens with zero attached hydrogens (tertiary/aromatic N) is 1. The summed E-state index contributed by atoms with van der Waals surface area (Å²) in [5, 5.41) is 23.7. The number of rotatable bonds is 8. The van der Waals surface area contributed by atoms with Gasteiger partial charge in [0.2, 0.25) is 5.91 Å². The van der Waals surface area contributed by atoms with Crippen LogP contribution in [0, 0.1) is 10.1 Å². The zero-order chi connectivity index (χ0) is 18.2. The van der Waals surface area contributed by atoms with Crippen LogP contribution in [0.3, 0.4) is 0 Å². The molecule has 0 fully saturated rings. The van der Waals surface area contributed by atoms with Gasteiger partial charge in [0.25, 0.3) is 5.69 Å². The van der Waals surface area contributed by atoms with E-state index in [-0.39, 0.29) is 29.7 Å². The zero-order valence-electron chi connectivity index (χ0n) is 13.5. The van der Waals surface area contributed by atoms with Gasteiger partial charge in [-0.1, -0.05) is 24.8 Å². The number of nitrogens with one attached hydrogen (secondary N) is 1. The highest BCUT2D eigenvalue weighted by molar-refractivity contribution is 5.86. The Labute approximate surface area is 144 Å². The van der Waals surface area contributed by atoms with E-state index < -0.39 is 4.92 Å². The summed E-state index contributed by atoms with van der Waals surface area (Å²) in [6.07, 6.45) is 1.73. The molecule has 7 heteroatoms. The minimum absolute atomic E-state index is 0.0283. The molecular formula is C18H18N2O5. The lowest BCUT2D eigenvalue weighted by atomic mass is 10.1. The van der Waals surface area contributed by atoms with Crippen LogP contribution in [0.5, 0.6) is 11.5 Å². The number of hydrogen-bond acceptors (Lipinski definition) is 5. The minimum Gasteiger partial charge on any atom is -0.504 e. The molecule has 0 aliphatic rings. The van der Waals surface area contributed by atoms with Crippen LogP contribution in [0.25, 0.3) is 0 Å². The summed E-state index contributed by atoms with van der Waals surface area (Å²) in [5.41, 5.74) is 1.21. The Morgan fingerprint density at radius 1 is 1.32 bits per heavy atom.